The second-order valence-corrected chi connectivity index (χ2v) is 5.67. The number of hydrogen-bond acceptors (Lipinski definition) is 3. The number of carbonyl (C=O) groups excluding carboxylic acids is 1. The van der Waals surface area contributed by atoms with Gasteiger partial charge in [0.15, 0.2) is 0 Å². The van der Waals surface area contributed by atoms with Crippen molar-refractivity contribution in [1.82, 2.24) is 15.1 Å². The lowest BCUT2D eigenvalue weighted by Crippen LogP contribution is -2.42. The SMILES string of the molecule is COc1c(C(Cl)C(=O)NC(C)(C)C)c(C)nn1C. The number of nitrogens with one attached hydrogen (secondary N) is 1. The fourth-order valence-corrected chi connectivity index (χ4v) is 2.06. The van der Waals surface area contributed by atoms with Crippen molar-refractivity contribution in [2.75, 3.05) is 7.11 Å². The topological polar surface area (TPSA) is 56.1 Å². The van der Waals surface area contributed by atoms with Gasteiger partial charge in [0.1, 0.15) is 5.38 Å². The van der Waals surface area contributed by atoms with Crippen molar-refractivity contribution in [1.29, 1.82) is 0 Å². The molecule has 0 aliphatic rings. The van der Waals surface area contributed by atoms with Crippen LogP contribution in [-0.4, -0.2) is 28.3 Å². The molecule has 0 aliphatic heterocycles. The van der Waals surface area contributed by atoms with Crippen LogP contribution in [0.15, 0.2) is 0 Å². The Balaban J connectivity index is 3.04. The number of aromatic nitrogens is 2. The lowest BCUT2D eigenvalue weighted by molar-refractivity contribution is -0.122. The van der Waals surface area contributed by atoms with E-state index in [2.05, 4.69) is 10.4 Å². The summed E-state index contributed by atoms with van der Waals surface area (Å²) < 4.78 is 6.81. The third-order valence-electron chi connectivity index (χ3n) is 2.39. The molecule has 102 valence electrons. The highest BCUT2D eigenvalue weighted by atomic mass is 35.5. The number of hydrogen-bond donors (Lipinski definition) is 1. The normalized spacial score (nSPS) is 13.3. The summed E-state index contributed by atoms with van der Waals surface area (Å²) in [4.78, 5) is 12.1. The molecule has 0 fully saturated rings. The average Bonchev–Trinajstić information content (AvgIpc) is 2.49. The number of nitrogens with zero attached hydrogens (tertiary/aromatic N) is 2. The van der Waals surface area contributed by atoms with Gasteiger partial charge in [0.2, 0.25) is 11.8 Å². The Kier molecular flexibility index (Phi) is 4.27. The summed E-state index contributed by atoms with van der Waals surface area (Å²) >= 11 is 6.22. The van der Waals surface area contributed by atoms with Crippen LogP contribution in [0.1, 0.15) is 37.4 Å². The molecular weight excluding hydrogens is 254 g/mol. The molecule has 1 rings (SSSR count). The number of aryl methyl sites for hydroxylation is 2. The lowest BCUT2D eigenvalue weighted by atomic mass is 10.1. The Morgan fingerprint density at radius 3 is 2.50 bits per heavy atom. The molecule has 1 amide bonds. The zero-order valence-electron chi connectivity index (χ0n) is 11.7. The predicted octanol–water partition coefficient (Wildman–Crippen LogP) is 1.93. The van der Waals surface area contributed by atoms with Crippen LogP contribution < -0.4 is 10.1 Å². The van der Waals surface area contributed by atoms with E-state index in [1.54, 1.807) is 18.7 Å². The van der Waals surface area contributed by atoms with Crippen molar-refractivity contribution in [2.45, 2.75) is 38.6 Å². The Morgan fingerprint density at radius 1 is 1.50 bits per heavy atom. The summed E-state index contributed by atoms with van der Waals surface area (Å²) in [5.41, 5.74) is 0.981. The second kappa shape index (κ2) is 5.18. The summed E-state index contributed by atoms with van der Waals surface area (Å²) in [5.74, 6) is 0.259. The highest BCUT2D eigenvalue weighted by Gasteiger charge is 2.29. The van der Waals surface area contributed by atoms with Crippen molar-refractivity contribution in [2.24, 2.45) is 7.05 Å². The molecule has 1 aromatic heterocycles. The smallest absolute Gasteiger partial charge is 0.243 e. The molecule has 0 spiro atoms. The average molecular weight is 274 g/mol. The first kappa shape index (κ1) is 14.8. The van der Waals surface area contributed by atoms with Crippen molar-refractivity contribution in [3.05, 3.63) is 11.3 Å². The molecule has 0 aromatic carbocycles. The van der Waals surface area contributed by atoms with Crippen LogP contribution in [0, 0.1) is 6.92 Å². The van der Waals surface area contributed by atoms with Gasteiger partial charge in [0.05, 0.1) is 18.4 Å². The number of amides is 1. The van der Waals surface area contributed by atoms with Gasteiger partial charge in [0.25, 0.3) is 0 Å². The Labute approximate surface area is 112 Å². The molecule has 0 aliphatic carbocycles. The van der Waals surface area contributed by atoms with Crippen LogP contribution in [0.2, 0.25) is 0 Å². The van der Waals surface area contributed by atoms with E-state index in [4.69, 9.17) is 16.3 Å². The highest BCUT2D eigenvalue weighted by Crippen LogP contribution is 2.32. The molecule has 18 heavy (non-hydrogen) atoms. The number of methoxy groups -OCH3 is 1. The monoisotopic (exact) mass is 273 g/mol. The number of carbonyl (C=O) groups is 1. The third-order valence-corrected chi connectivity index (χ3v) is 2.81. The molecule has 0 saturated heterocycles. The van der Waals surface area contributed by atoms with Crippen molar-refractivity contribution in [3.63, 3.8) is 0 Å². The summed E-state index contributed by atoms with van der Waals surface area (Å²) in [6.07, 6.45) is 0. The van der Waals surface area contributed by atoms with Gasteiger partial charge in [-0.15, -0.1) is 11.6 Å². The minimum Gasteiger partial charge on any atom is -0.481 e. The Bertz CT molecular complexity index is 449. The molecule has 0 saturated carbocycles. The third kappa shape index (κ3) is 3.16. The van der Waals surface area contributed by atoms with Crippen molar-refractivity contribution < 1.29 is 9.53 Å². The maximum atomic E-state index is 12.1. The van der Waals surface area contributed by atoms with Crippen LogP contribution >= 0.6 is 11.6 Å². The van der Waals surface area contributed by atoms with E-state index in [1.165, 1.54) is 7.11 Å². The molecule has 0 radical (unpaired) electrons. The van der Waals surface area contributed by atoms with Crippen LogP contribution in [0.25, 0.3) is 0 Å². The quantitative estimate of drug-likeness (QED) is 0.856. The van der Waals surface area contributed by atoms with Gasteiger partial charge in [-0.3, -0.25) is 4.79 Å². The molecular formula is C12H20ClN3O2. The largest absolute Gasteiger partial charge is 0.481 e. The molecule has 1 unspecified atom stereocenters. The molecule has 6 heteroatoms. The minimum atomic E-state index is -0.812. The lowest BCUT2D eigenvalue weighted by Gasteiger charge is -2.22. The molecule has 0 bridgehead atoms. The Hall–Kier alpha value is -1.23. The zero-order valence-corrected chi connectivity index (χ0v) is 12.4. The summed E-state index contributed by atoms with van der Waals surface area (Å²) in [5, 5.41) is 6.24. The van der Waals surface area contributed by atoms with E-state index in [1.807, 2.05) is 20.8 Å². The van der Waals surface area contributed by atoms with E-state index >= 15 is 0 Å². The van der Waals surface area contributed by atoms with E-state index in [0.717, 1.165) is 0 Å². The van der Waals surface area contributed by atoms with Crippen LogP contribution in [0.3, 0.4) is 0 Å². The van der Waals surface area contributed by atoms with Gasteiger partial charge in [-0.2, -0.15) is 5.10 Å². The minimum absolute atomic E-state index is 0.251. The fourth-order valence-electron chi connectivity index (χ4n) is 1.75. The summed E-state index contributed by atoms with van der Waals surface area (Å²) in [6, 6.07) is 0. The number of halogens is 1. The maximum absolute atomic E-state index is 12.1. The van der Waals surface area contributed by atoms with Crippen LogP contribution in [0.4, 0.5) is 0 Å². The Morgan fingerprint density at radius 2 is 2.06 bits per heavy atom. The fraction of sp³-hybridized carbons (Fsp3) is 0.667. The first-order valence-electron chi connectivity index (χ1n) is 5.71. The molecule has 1 heterocycles. The molecule has 1 N–H and O–H groups in total. The van der Waals surface area contributed by atoms with Crippen molar-refractivity contribution >= 4 is 17.5 Å². The van der Waals surface area contributed by atoms with Crippen molar-refractivity contribution in [3.8, 4) is 5.88 Å². The van der Waals surface area contributed by atoms with E-state index in [9.17, 15) is 4.79 Å². The van der Waals surface area contributed by atoms with Crippen LogP contribution in [-0.2, 0) is 11.8 Å². The molecule has 5 nitrogen and oxygen atoms in total. The first-order chi connectivity index (χ1) is 8.17. The standard InChI is InChI=1S/C12H20ClN3O2/c1-7-8(11(18-6)16(5)15-7)9(13)10(17)14-12(2,3)4/h9H,1-6H3,(H,14,17). The van der Waals surface area contributed by atoms with Crippen LogP contribution in [0.5, 0.6) is 5.88 Å². The predicted molar refractivity (Wildman–Crippen MR) is 71.0 cm³/mol. The van der Waals surface area contributed by atoms with E-state index in [-0.39, 0.29) is 11.4 Å². The van der Waals surface area contributed by atoms with E-state index in [0.29, 0.717) is 17.1 Å². The number of rotatable bonds is 3. The summed E-state index contributed by atoms with van der Waals surface area (Å²) in [7, 11) is 3.28. The number of ether oxygens (including phenoxy) is 1. The van der Waals surface area contributed by atoms with Gasteiger partial charge in [-0.1, -0.05) is 0 Å². The number of alkyl halides is 1. The second-order valence-electron chi connectivity index (χ2n) is 5.23. The highest BCUT2D eigenvalue weighted by molar-refractivity contribution is 6.31. The van der Waals surface area contributed by atoms with Gasteiger partial charge in [-0.25, -0.2) is 4.68 Å². The summed E-state index contributed by atoms with van der Waals surface area (Å²) in [6.45, 7) is 7.52. The van der Waals surface area contributed by atoms with Gasteiger partial charge < -0.3 is 10.1 Å². The maximum Gasteiger partial charge on any atom is 0.243 e. The van der Waals surface area contributed by atoms with E-state index < -0.39 is 5.38 Å². The van der Waals surface area contributed by atoms with Gasteiger partial charge in [-0.05, 0) is 27.7 Å². The first-order valence-corrected chi connectivity index (χ1v) is 6.14. The zero-order chi connectivity index (χ0) is 14.1. The van der Waals surface area contributed by atoms with Gasteiger partial charge >= 0.3 is 0 Å². The molecule has 1 atom stereocenters. The van der Waals surface area contributed by atoms with Gasteiger partial charge in [0, 0.05) is 12.6 Å². The molecule has 1 aromatic rings.